The van der Waals surface area contributed by atoms with E-state index in [0.29, 0.717) is 0 Å². The molecular formula is C5H23FLiO13PS5. The molecule has 164 valence electrons. The van der Waals surface area contributed by atoms with Crippen molar-refractivity contribution in [2.45, 2.75) is 0 Å². The van der Waals surface area contributed by atoms with Gasteiger partial charge in [0.2, 0.25) is 0 Å². The molecule has 13 nitrogen and oxygen atoms in total. The first-order valence-corrected chi connectivity index (χ1v) is 13.6. The van der Waals surface area contributed by atoms with Crippen molar-refractivity contribution in [3.05, 3.63) is 0 Å². The summed E-state index contributed by atoms with van der Waals surface area (Å²) in [5, 5.41) is 0. The molecule has 0 radical (unpaired) electrons. The third-order valence-electron chi connectivity index (χ3n) is 0. The van der Waals surface area contributed by atoms with Gasteiger partial charge in [0.15, 0.2) is 0 Å². The third-order valence-corrected chi connectivity index (χ3v) is 0. The van der Waals surface area contributed by atoms with Crippen molar-refractivity contribution in [3.8, 4) is 0 Å². The van der Waals surface area contributed by atoms with E-state index in [-0.39, 0.29) is 20.3 Å². The Morgan fingerprint density at radius 1 is 0.615 bits per heavy atom. The fourth-order valence-electron chi connectivity index (χ4n) is 0. The summed E-state index contributed by atoms with van der Waals surface area (Å²) in [5.41, 5.74) is 0. The van der Waals surface area contributed by atoms with Crippen molar-refractivity contribution >= 4 is 63.3 Å². The number of hydrogen-bond acceptors (Lipinski definition) is 6. The van der Waals surface area contributed by atoms with Crippen molar-refractivity contribution in [1.29, 1.82) is 0 Å². The monoisotopic (exact) mass is 508 g/mol. The van der Waals surface area contributed by atoms with Crippen molar-refractivity contribution in [1.82, 2.24) is 0 Å². The second-order valence-electron chi connectivity index (χ2n) is 2.59. The Labute approximate surface area is 176 Å². The van der Waals surface area contributed by atoms with Gasteiger partial charge < -0.3 is 24.2 Å². The molecule has 21 heteroatoms. The van der Waals surface area contributed by atoms with Gasteiger partial charge in [0.1, 0.15) is 55.4 Å². The van der Waals surface area contributed by atoms with Crippen molar-refractivity contribution in [3.63, 3.8) is 0 Å². The number of rotatable bonds is 0. The van der Waals surface area contributed by atoms with E-state index in [1.807, 2.05) is 0 Å². The maximum Gasteiger partial charge on any atom is 1.00 e. The zero-order valence-electron chi connectivity index (χ0n) is 15.4. The van der Waals surface area contributed by atoms with E-state index in [1.54, 1.807) is 0 Å². The summed E-state index contributed by atoms with van der Waals surface area (Å²) in [6.45, 7) is 0. The Morgan fingerprint density at radius 2 is 0.615 bits per heavy atom. The van der Waals surface area contributed by atoms with Gasteiger partial charge in [-0.2, -0.15) is 0 Å². The minimum absolute atomic E-state index is 0. The van der Waals surface area contributed by atoms with Crippen LogP contribution in [0.3, 0.4) is 0 Å². The van der Waals surface area contributed by atoms with Crippen LogP contribution < -0.4 is 18.9 Å². The molecule has 0 fully saturated rings. The van der Waals surface area contributed by atoms with Crippen LogP contribution in [-0.4, -0.2) is 84.9 Å². The smallest absolute Gasteiger partial charge is 1.00 e. The molecular weight excluding hydrogens is 485 g/mol. The van der Waals surface area contributed by atoms with Crippen LogP contribution in [0.25, 0.3) is 0 Å². The Balaban J connectivity index is -0.0000000264. The summed E-state index contributed by atoms with van der Waals surface area (Å²) in [6, 6.07) is 0. The van der Waals surface area contributed by atoms with E-state index in [2.05, 4.69) is 0 Å². The fraction of sp³-hybridized carbons (Fsp3) is 1.00. The fourth-order valence-corrected chi connectivity index (χ4v) is 0. The average molecular weight is 508 g/mol. The van der Waals surface area contributed by atoms with E-state index >= 15 is 0 Å². The molecule has 0 heterocycles. The van der Waals surface area contributed by atoms with Crippen LogP contribution in [0.15, 0.2) is 0 Å². The maximum atomic E-state index is 10.4. The van der Waals surface area contributed by atoms with Gasteiger partial charge in [0.05, 0.1) is 0 Å². The molecule has 7 N–H and O–H groups in total. The molecule has 0 aliphatic carbocycles. The van der Waals surface area contributed by atoms with Crippen LogP contribution in [-0.2, 0) is 60.0 Å². The van der Waals surface area contributed by atoms with Crippen LogP contribution in [0.4, 0.5) is 4.20 Å². The molecule has 0 aliphatic rings. The molecule has 0 spiro atoms. The molecule has 0 saturated heterocycles. The van der Waals surface area contributed by atoms with Crippen molar-refractivity contribution in [2.75, 3.05) is 31.3 Å². The second-order valence-corrected chi connectivity index (χ2v) is 7.78. The van der Waals surface area contributed by atoms with Crippen molar-refractivity contribution in [2.24, 2.45) is 0 Å². The van der Waals surface area contributed by atoms with Gasteiger partial charge in [-0.05, 0) is 0 Å². The van der Waals surface area contributed by atoms with E-state index in [1.165, 1.54) is 31.3 Å². The Bertz CT molecular complexity index is 353. The van der Waals surface area contributed by atoms with E-state index in [9.17, 15) is 4.20 Å². The van der Waals surface area contributed by atoms with Crippen LogP contribution in [0.1, 0.15) is 1.43 Å². The molecule has 26 heavy (non-hydrogen) atoms. The summed E-state index contributed by atoms with van der Waals surface area (Å²) < 4.78 is 102. The zero-order chi connectivity index (χ0) is 22.4. The van der Waals surface area contributed by atoms with Crippen LogP contribution in [0.2, 0.25) is 0 Å². The minimum Gasteiger partial charge on any atom is -1.00 e. The normalized spacial score (nSPS) is 14.2. The molecule has 5 atom stereocenters. The SMILES string of the molecule is CS(=O)O.CS(=O)O.CS(=O)O.CS(=O)O.CS(=O)O.O=P(O)(O)F.[H-].[Li+]. The van der Waals surface area contributed by atoms with Gasteiger partial charge >= 0.3 is 26.8 Å². The van der Waals surface area contributed by atoms with Crippen LogP contribution in [0, 0.1) is 0 Å². The van der Waals surface area contributed by atoms with Gasteiger partial charge in [-0.15, -0.1) is 4.20 Å². The quantitative estimate of drug-likeness (QED) is 0.0949. The first kappa shape index (κ1) is 45.8. The number of hydrogen-bond donors (Lipinski definition) is 7. The summed E-state index contributed by atoms with van der Waals surface area (Å²) in [5.74, 6) is 0. The van der Waals surface area contributed by atoms with Gasteiger partial charge in [-0.3, -0.25) is 9.79 Å². The number of halogens is 1. The summed E-state index contributed by atoms with van der Waals surface area (Å²) in [4.78, 5) is 13.9. The summed E-state index contributed by atoms with van der Waals surface area (Å²) >= 11 is -8.06. The van der Waals surface area contributed by atoms with Gasteiger partial charge in [0, 0.05) is 31.3 Å². The first-order chi connectivity index (χ1) is 10.7. The standard InChI is InChI=1S/5CH4O2S.FH2O3P.Li.H/c5*1-4(2)3;1-5(2,3)4;;/h5*1H3,(H,2,3);(H2,2,3,4);;/q;;;;;;+1;-1. The predicted octanol–water partition coefficient (Wildman–Crippen LogP) is -3.65. The Morgan fingerprint density at radius 3 is 0.615 bits per heavy atom. The molecule has 0 saturated carbocycles. The zero-order valence-corrected chi connectivity index (χ0v) is 19.4. The predicted molar refractivity (Wildman–Crippen MR) is 97.7 cm³/mol. The van der Waals surface area contributed by atoms with E-state index in [0.717, 1.165) is 0 Å². The largest absolute Gasteiger partial charge is 1.00 e. The summed E-state index contributed by atoms with van der Waals surface area (Å²) in [7, 11) is -5.14. The molecule has 0 bridgehead atoms. The van der Waals surface area contributed by atoms with Crippen molar-refractivity contribution < 1.29 is 82.6 Å². The Kier molecular flexibility index (Phi) is 59.5. The van der Waals surface area contributed by atoms with Gasteiger partial charge in [-0.1, -0.05) is 0 Å². The average Bonchev–Trinajstić information content (AvgIpc) is 2.06. The minimum atomic E-state index is -5.14. The molecule has 0 amide bonds. The van der Waals surface area contributed by atoms with E-state index in [4.69, 9.17) is 58.2 Å². The second kappa shape index (κ2) is 33.8. The van der Waals surface area contributed by atoms with Gasteiger partial charge in [0.25, 0.3) is 0 Å². The molecule has 0 aromatic carbocycles. The Hall–Kier alpha value is 1.23. The first-order valence-electron chi connectivity index (χ1n) is 4.54. The molecule has 0 aromatic rings. The van der Waals surface area contributed by atoms with E-state index < -0.39 is 63.3 Å². The topological polar surface area (TPSA) is 244 Å². The maximum absolute atomic E-state index is 10.4. The molecule has 0 aromatic heterocycles. The molecule has 0 aliphatic heterocycles. The molecule has 0 rings (SSSR count). The van der Waals surface area contributed by atoms with Crippen LogP contribution in [0.5, 0.6) is 0 Å². The molecule has 5 unspecified atom stereocenters. The van der Waals surface area contributed by atoms with Crippen LogP contribution >= 0.6 is 7.91 Å². The summed E-state index contributed by atoms with van der Waals surface area (Å²) in [6.07, 6.45) is 5.97. The van der Waals surface area contributed by atoms with Gasteiger partial charge in [-0.25, -0.2) is 25.6 Å². The third kappa shape index (κ3) is 9830.